The summed E-state index contributed by atoms with van der Waals surface area (Å²) in [6.45, 7) is 5.60. The van der Waals surface area contributed by atoms with E-state index >= 15 is 0 Å². The molecule has 3 nitrogen and oxygen atoms in total. The number of carbonyl (C=O) groups is 1. The molecule has 0 aromatic carbocycles. The highest BCUT2D eigenvalue weighted by Gasteiger charge is 2.23. The number of rotatable bonds is 4. The van der Waals surface area contributed by atoms with Crippen LogP contribution in [0.15, 0.2) is 12.2 Å². The molecule has 1 aliphatic heterocycles. The highest BCUT2D eigenvalue weighted by molar-refractivity contribution is 5.70. The SMILES string of the molecule is COC(=O)C/C=C\C1CCCN1C(C)C. The average molecular weight is 211 g/mol. The number of methoxy groups -OCH3 is 1. The van der Waals surface area contributed by atoms with Gasteiger partial charge in [-0.2, -0.15) is 0 Å². The quantitative estimate of drug-likeness (QED) is 0.526. The first-order valence-corrected chi connectivity index (χ1v) is 5.64. The highest BCUT2D eigenvalue weighted by atomic mass is 16.5. The topological polar surface area (TPSA) is 29.5 Å². The summed E-state index contributed by atoms with van der Waals surface area (Å²) in [5, 5.41) is 0. The first-order valence-electron chi connectivity index (χ1n) is 5.64. The smallest absolute Gasteiger partial charge is 0.309 e. The molecule has 1 heterocycles. The molecule has 1 rings (SSSR count). The van der Waals surface area contributed by atoms with Crippen LogP contribution in [-0.2, 0) is 9.53 Å². The lowest BCUT2D eigenvalue weighted by Gasteiger charge is -2.25. The number of hydrogen-bond acceptors (Lipinski definition) is 3. The molecule has 86 valence electrons. The Morgan fingerprint density at radius 3 is 2.93 bits per heavy atom. The van der Waals surface area contributed by atoms with Crippen LogP contribution in [0.5, 0.6) is 0 Å². The van der Waals surface area contributed by atoms with E-state index in [9.17, 15) is 4.79 Å². The van der Waals surface area contributed by atoms with Crippen molar-refractivity contribution in [3.63, 3.8) is 0 Å². The molecule has 1 fully saturated rings. The first-order chi connectivity index (χ1) is 7.15. The maximum Gasteiger partial charge on any atom is 0.309 e. The molecule has 1 aliphatic rings. The maximum absolute atomic E-state index is 10.9. The second-order valence-corrected chi connectivity index (χ2v) is 4.25. The van der Waals surface area contributed by atoms with Gasteiger partial charge in [-0.1, -0.05) is 12.2 Å². The van der Waals surface area contributed by atoms with Crippen LogP contribution < -0.4 is 0 Å². The van der Waals surface area contributed by atoms with Gasteiger partial charge in [0.15, 0.2) is 0 Å². The van der Waals surface area contributed by atoms with Gasteiger partial charge in [-0.25, -0.2) is 0 Å². The summed E-state index contributed by atoms with van der Waals surface area (Å²) in [4.78, 5) is 13.4. The van der Waals surface area contributed by atoms with Gasteiger partial charge in [-0.15, -0.1) is 0 Å². The molecular weight excluding hydrogens is 190 g/mol. The fourth-order valence-electron chi connectivity index (χ4n) is 2.07. The summed E-state index contributed by atoms with van der Waals surface area (Å²) < 4.78 is 4.59. The van der Waals surface area contributed by atoms with Crippen LogP contribution >= 0.6 is 0 Å². The van der Waals surface area contributed by atoms with Gasteiger partial charge in [0.25, 0.3) is 0 Å². The van der Waals surface area contributed by atoms with Crippen molar-refractivity contribution in [1.82, 2.24) is 4.90 Å². The van der Waals surface area contributed by atoms with Crippen LogP contribution in [0.1, 0.15) is 33.1 Å². The molecule has 0 aliphatic carbocycles. The van der Waals surface area contributed by atoms with Gasteiger partial charge in [0.1, 0.15) is 0 Å². The summed E-state index contributed by atoms with van der Waals surface area (Å²) in [5.74, 6) is -0.166. The third-order valence-corrected chi connectivity index (χ3v) is 2.88. The van der Waals surface area contributed by atoms with E-state index in [0.29, 0.717) is 18.5 Å². The van der Waals surface area contributed by atoms with Crippen molar-refractivity contribution in [2.45, 2.75) is 45.2 Å². The van der Waals surface area contributed by atoms with Crippen LogP contribution in [0.2, 0.25) is 0 Å². The second-order valence-electron chi connectivity index (χ2n) is 4.25. The van der Waals surface area contributed by atoms with Crippen molar-refractivity contribution < 1.29 is 9.53 Å². The molecule has 15 heavy (non-hydrogen) atoms. The molecule has 0 saturated carbocycles. The van der Waals surface area contributed by atoms with E-state index in [0.717, 1.165) is 0 Å². The number of esters is 1. The third kappa shape index (κ3) is 3.67. The van der Waals surface area contributed by atoms with Gasteiger partial charge in [0, 0.05) is 12.1 Å². The van der Waals surface area contributed by atoms with Crippen LogP contribution in [0, 0.1) is 0 Å². The molecule has 0 spiro atoms. The van der Waals surface area contributed by atoms with Crippen LogP contribution in [-0.4, -0.2) is 36.6 Å². The van der Waals surface area contributed by atoms with Crippen LogP contribution in [0.25, 0.3) is 0 Å². The molecule has 1 unspecified atom stereocenters. The van der Waals surface area contributed by atoms with Crippen molar-refractivity contribution in [2.24, 2.45) is 0 Å². The zero-order chi connectivity index (χ0) is 11.3. The highest BCUT2D eigenvalue weighted by Crippen LogP contribution is 2.20. The Kier molecular flexibility index (Phi) is 4.82. The van der Waals surface area contributed by atoms with E-state index in [-0.39, 0.29) is 5.97 Å². The first kappa shape index (κ1) is 12.2. The Labute approximate surface area is 92.1 Å². The average Bonchev–Trinajstić information content (AvgIpc) is 2.65. The Balaban J connectivity index is 2.39. The number of hydrogen-bond donors (Lipinski definition) is 0. The van der Waals surface area contributed by atoms with Gasteiger partial charge < -0.3 is 4.74 Å². The standard InChI is InChI=1S/C12H21NO2/c1-10(2)13-9-5-7-11(13)6-4-8-12(14)15-3/h4,6,10-11H,5,7-9H2,1-3H3/b6-4-. The van der Waals surface area contributed by atoms with Gasteiger partial charge in [0.05, 0.1) is 13.5 Å². The minimum Gasteiger partial charge on any atom is -0.469 e. The van der Waals surface area contributed by atoms with Gasteiger partial charge >= 0.3 is 5.97 Å². The molecule has 1 saturated heterocycles. The van der Waals surface area contributed by atoms with Crippen molar-refractivity contribution in [2.75, 3.05) is 13.7 Å². The van der Waals surface area contributed by atoms with E-state index in [1.165, 1.54) is 26.5 Å². The molecule has 0 aromatic rings. The lowest BCUT2D eigenvalue weighted by atomic mass is 10.1. The zero-order valence-corrected chi connectivity index (χ0v) is 9.90. The Morgan fingerprint density at radius 2 is 2.33 bits per heavy atom. The zero-order valence-electron chi connectivity index (χ0n) is 9.90. The minimum absolute atomic E-state index is 0.166. The fourth-order valence-corrected chi connectivity index (χ4v) is 2.07. The summed E-state index contributed by atoms with van der Waals surface area (Å²) in [6.07, 6.45) is 6.92. The predicted molar refractivity (Wildman–Crippen MR) is 60.6 cm³/mol. The molecule has 0 bridgehead atoms. The van der Waals surface area contributed by atoms with E-state index < -0.39 is 0 Å². The van der Waals surface area contributed by atoms with E-state index in [4.69, 9.17) is 0 Å². The predicted octanol–water partition coefficient (Wildman–Crippen LogP) is 1.98. The summed E-state index contributed by atoms with van der Waals surface area (Å²) in [7, 11) is 1.42. The minimum atomic E-state index is -0.166. The number of ether oxygens (including phenoxy) is 1. The lowest BCUT2D eigenvalue weighted by Crippen LogP contribution is -2.34. The Morgan fingerprint density at radius 1 is 1.60 bits per heavy atom. The molecule has 3 heteroatoms. The van der Waals surface area contributed by atoms with E-state index in [1.807, 2.05) is 6.08 Å². The lowest BCUT2D eigenvalue weighted by molar-refractivity contribution is -0.139. The molecule has 0 aromatic heterocycles. The van der Waals surface area contributed by atoms with E-state index in [1.54, 1.807) is 0 Å². The van der Waals surface area contributed by atoms with Crippen molar-refractivity contribution in [3.05, 3.63) is 12.2 Å². The number of nitrogens with zero attached hydrogens (tertiary/aromatic N) is 1. The normalized spacial score (nSPS) is 22.8. The second kappa shape index (κ2) is 5.91. The number of carbonyl (C=O) groups excluding carboxylic acids is 1. The van der Waals surface area contributed by atoms with Gasteiger partial charge in [0.2, 0.25) is 0 Å². The van der Waals surface area contributed by atoms with E-state index in [2.05, 4.69) is 29.6 Å². The van der Waals surface area contributed by atoms with Gasteiger partial charge in [-0.05, 0) is 33.2 Å². The maximum atomic E-state index is 10.9. The van der Waals surface area contributed by atoms with Crippen LogP contribution in [0.4, 0.5) is 0 Å². The monoisotopic (exact) mass is 211 g/mol. The fraction of sp³-hybridized carbons (Fsp3) is 0.750. The van der Waals surface area contributed by atoms with Crippen LogP contribution in [0.3, 0.4) is 0 Å². The molecule has 0 N–H and O–H groups in total. The summed E-state index contributed by atoms with van der Waals surface area (Å²) >= 11 is 0. The molecule has 1 atom stereocenters. The summed E-state index contributed by atoms with van der Waals surface area (Å²) in [5.41, 5.74) is 0. The van der Waals surface area contributed by atoms with Crippen molar-refractivity contribution in [3.8, 4) is 0 Å². The Bertz CT molecular complexity index is 236. The molecular formula is C12H21NO2. The Hall–Kier alpha value is -0.830. The van der Waals surface area contributed by atoms with Crippen molar-refractivity contribution in [1.29, 1.82) is 0 Å². The van der Waals surface area contributed by atoms with Gasteiger partial charge in [-0.3, -0.25) is 9.69 Å². The van der Waals surface area contributed by atoms with Crippen molar-refractivity contribution >= 4 is 5.97 Å². The molecule has 0 amide bonds. The summed E-state index contributed by atoms with van der Waals surface area (Å²) in [6, 6.07) is 1.09. The number of likely N-dealkylation sites (tertiary alicyclic amines) is 1. The molecule has 0 radical (unpaired) electrons. The largest absolute Gasteiger partial charge is 0.469 e. The third-order valence-electron chi connectivity index (χ3n) is 2.88.